The molecule has 0 aromatic carbocycles. The van der Waals surface area contributed by atoms with E-state index in [1.807, 2.05) is 11.9 Å². The first kappa shape index (κ1) is 8.29. The van der Waals surface area contributed by atoms with E-state index in [2.05, 4.69) is 17.2 Å². The standard InChI is InChI=1S/C10H14N2O2/c1-6(13)11(2)9-8-5-12-4-3-7(14-8)10(9)12/h3-4,7-10H,5H2,1-2H3. The molecule has 0 spiro atoms. The molecule has 0 aromatic rings. The highest BCUT2D eigenvalue weighted by Crippen LogP contribution is 2.40. The van der Waals surface area contributed by atoms with E-state index < -0.39 is 0 Å². The van der Waals surface area contributed by atoms with Crippen LogP contribution in [-0.2, 0) is 9.53 Å². The number of hydrogen-bond donors (Lipinski definition) is 0. The first-order valence-corrected chi connectivity index (χ1v) is 5.01. The Bertz CT molecular complexity index is 299. The molecule has 2 bridgehead atoms. The lowest BCUT2D eigenvalue weighted by molar-refractivity contribution is -0.130. The number of rotatable bonds is 1. The van der Waals surface area contributed by atoms with E-state index in [4.69, 9.17) is 4.74 Å². The minimum absolute atomic E-state index is 0.123. The van der Waals surface area contributed by atoms with Gasteiger partial charge in [-0.3, -0.25) is 4.79 Å². The van der Waals surface area contributed by atoms with Crippen LogP contribution in [0.4, 0.5) is 0 Å². The van der Waals surface area contributed by atoms with E-state index >= 15 is 0 Å². The van der Waals surface area contributed by atoms with Gasteiger partial charge >= 0.3 is 0 Å². The van der Waals surface area contributed by atoms with Gasteiger partial charge in [-0.05, 0) is 12.3 Å². The van der Waals surface area contributed by atoms with E-state index in [-0.39, 0.29) is 24.2 Å². The predicted molar refractivity (Wildman–Crippen MR) is 50.5 cm³/mol. The van der Waals surface area contributed by atoms with Gasteiger partial charge in [0.15, 0.2) is 0 Å². The van der Waals surface area contributed by atoms with Crippen LogP contribution in [0.25, 0.3) is 0 Å². The largest absolute Gasteiger partial charge is 0.367 e. The maximum Gasteiger partial charge on any atom is 0.219 e. The Balaban J connectivity index is 1.88. The molecule has 4 atom stereocenters. The van der Waals surface area contributed by atoms with E-state index in [1.54, 1.807) is 6.92 Å². The number of amides is 1. The summed E-state index contributed by atoms with van der Waals surface area (Å²) in [5.74, 6) is 0.123. The number of ether oxygens (including phenoxy) is 1. The third kappa shape index (κ3) is 0.843. The molecule has 4 nitrogen and oxygen atoms in total. The van der Waals surface area contributed by atoms with Crippen molar-refractivity contribution in [1.82, 2.24) is 9.80 Å². The molecular weight excluding hydrogens is 180 g/mol. The number of fused-ring (bicyclic) bond motifs is 1. The zero-order valence-corrected chi connectivity index (χ0v) is 8.38. The van der Waals surface area contributed by atoms with Crippen LogP contribution in [0.2, 0.25) is 0 Å². The van der Waals surface area contributed by atoms with Gasteiger partial charge in [-0.2, -0.15) is 0 Å². The quantitative estimate of drug-likeness (QED) is 0.580. The van der Waals surface area contributed by atoms with Gasteiger partial charge in [-0.15, -0.1) is 0 Å². The summed E-state index contributed by atoms with van der Waals surface area (Å²) in [6.07, 6.45) is 4.61. The summed E-state index contributed by atoms with van der Waals surface area (Å²) < 4.78 is 5.81. The summed E-state index contributed by atoms with van der Waals surface area (Å²) in [6, 6.07) is 0.612. The van der Waals surface area contributed by atoms with Crippen molar-refractivity contribution in [2.24, 2.45) is 0 Å². The number of likely N-dealkylation sites (N-methyl/N-ethyl adjacent to an activating group) is 1. The molecule has 76 valence electrons. The SMILES string of the molecule is CC(=O)N(C)C1C2CN3C=CC(O2)C13. The van der Waals surface area contributed by atoms with Crippen molar-refractivity contribution in [3.05, 3.63) is 12.3 Å². The smallest absolute Gasteiger partial charge is 0.219 e. The minimum Gasteiger partial charge on any atom is -0.367 e. The molecule has 3 rings (SSSR count). The van der Waals surface area contributed by atoms with Gasteiger partial charge in [0, 0.05) is 20.5 Å². The van der Waals surface area contributed by atoms with E-state index in [9.17, 15) is 4.79 Å². The summed E-state index contributed by atoms with van der Waals surface area (Å²) in [5, 5.41) is 0. The lowest BCUT2D eigenvalue weighted by Gasteiger charge is -2.27. The lowest BCUT2D eigenvalue weighted by Crippen LogP contribution is -2.45. The maximum absolute atomic E-state index is 11.3. The van der Waals surface area contributed by atoms with Gasteiger partial charge in [0.05, 0.1) is 18.2 Å². The average molecular weight is 194 g/mol. The monoisotopic (exact) mass is 194 g/mol. The fraction of sp³-hybridized carbons (Fsp3) is 0.700. The van der Waals surface area contributed by atoms with Gasteiger partial charge in [-0.25, -0.2) is 0 Å². The molecule has 0 saturated carbocycles. The van der Waals surface area contributed by atoms with Gasteiger partial charge in [0.25, 0.3) is 0 Å². The third-order valence-corrected chi connectivity index (χ3v) is 3.58. The average Bonchev–Trinajstić information content (AvgIpc) is 2.70. The van der Waals surface area contributed by atoms with Gasteiger partial charge in [-0.1, -0.05) is 0 Å². The first-order valence-electron chi connectivity index (χ1n) is 5.01. The normalized spacial score (nSPS) is 42.3. The number of carbonyl (C=O) groups excluding carboxylic acids is 1. The van der Waals surface area contributed by atoms with Crippen LogP contribution in [0.1, 0.15) is 6.92 Å². The van der Waals surface area contributed by atoms with E-state index in [0.29, 0.717) is 6.04 Å². The molecule has 2 saturated heterocycles. The molecule has 3 aliphatic heterocycles. The summed E-state index contributed by atoms with van der Waals surface area (Å²) in [7, 11) is 1.87. The summed E-state index contributed by atoms with van der Waals surface area (Å²) >= 11 is 0. The molecule has 4 heteroatoms. The van der Waals surface area contributed by atoms with Crippen LogP contribution in [0.5, 0.6) is 0 Å². The van der Waals surface area contributed by atoms with Crippen LogP contribution in [0.3, 0.4) is 0 Å². The number of morpholine rings is 1. The molecule has 1 amide bonds. The van der Waals surface area contributed by atoms with Gasteiger partial charge in [0.1, 0.15) is 6.10 Å². The zero-order chi connectivity index (χ0) is 9.87. The van der Waals surface area contributed by atoms with Crippen LogP contribution in [-0.4, -0.2) is 53.6 Å². The van der Waals surface area contributed by atoms with Crippen molar-refractivity contribution in [1.29, 1.82) is 0 Å². The predicted octanol–water partition coefficient (Wildman–Crippen LogP) is -0.188. The number of nitrogens with zero attached hydrogens (tertiary/aromatic N) is 2. The molecule has 4 unspecified atom stereocenters. The Morgan fingerprint density at radius 3 is 3.07 bits per heavy atom. The third-order valence-electron chi connectivity index (χ3n) is 3.58. The minimum atomic E-state index is 0.123. The lowest BCUT2D eigenvalue weighted by atomic mass is 10.1. The van der Waals surface area contributed by atoms with E-state index in [1.165, 1.54) is 0 Å². The fourth-order valence-corrected chi connectivity index (χ4v) is 2.85. The highest BCUT2D eigenvalue weighted by atomic mass is 16.5. The zero-order valence-electron chi connectivity index (χ0n) is 8.38. The van der Waals surface area contributed by atoms with Crippen molar-refractivity contribution in [3.8, 4) is 0 Å². The molecule has 0 radical (unpaired) electrons. The maximum atomic E-state index is 11.3. The van der Waals surface area contributed by atoms with Gasteiger partial charge < -0.3 is 14.5 Å². The summed E-state index contributed by atoms with van der Waals surface area (Å²) in [6.45, 7) is 2.54. The second-order valence-corrected chi connectivity index (χ2v) is 4.29. The van der Waals surface area contributed by atoms with Crippen LogP contribution in [0, 0.1) is 0 Å². The molecule has 0 N–H and O–H groups in total. The van der Waals surface area contributed by atoms with Crippen molar-refractivity contribution >= 4 is 5.91 Å². The Hall–Kier alpha value is -1.03. The molecule has 3 heterocycles. The first-order chi connectivity index (χ1) is 6.68. The Morgan fingerprint density at radius 1 is 1.64 bits per heavy atom. The Morgan fingerprint density at radius 2 is 2.43 bits per heavy atom. The van der Waals surface area contributed by atoms with Crippen LogP contribution in [0.15, 0.2) is 12.3 Å². The highest BCUT2D eigenvalue weighted by Gasteiger charge is 2.56. The highest BCUT2D eigenvalue weighted by molar-refractivity contribution is 5.73. The van der Waals surface area contributed by atoms with Crippen LogP contribution < -0.4 is 0 Å². The summed E-state index contributed by atoms with van der Waals surface area (Å²) in [4.78, 5) is 15.4. The molecule has 0 aromatic heterocycles. The fourth-order valence-electron chi connectivity index (χ4n) is 2.85. The molecule has 3 aliphatic rings. The number of hydrogen-bond acceptors (Lipinski definition) is 3. The Labute approximate surface area is 83.1 Å². The summed E-state index contributed by atoms with van der Waals surface area (Å²) in [5.41, 5.74) is 0. The molecule has 14 heavy (non-hydrogen) atoms. The van der Waals surface area contributed by atoms with Crippen molar-refractivity contribution in [3.63, 3.8) is 0 Å². The van der Waals surface area contributed by atoms with Crippen molar-refractivity contribution in [2.75, 3.05) is 13.6 Å². The Kier molecular flexibility index (Phi) is 1.49. The topological polar surface area (TPSA) is 32.8 Å². The molecular formula is C10H14N2O2. The second-order valence-electron chi connectivity index (χ2n) is 4.29. The van der Waals surface area contributed by atoms with Crippen molar-refractivity contribution in [2.45, 2.75) is 31.2 Å². The van der Waals surface area contributed by atoms with Crippen molar-refractivity contribution < 1.29 is 9.53 Å². The second kappa shape index (κ2) is 2.51. The van der Waals surface area contributed by atoms with Crippen LogP contribution >= 0.6 is 0 Å². The van der Waals surface area contributed by atoms with E-state index in [0.717, 1.165) is 6.54 Å². The molecule has 2 fully saturated rings. The number of carbonyl (C=O) groups is 1. The molecule has 0 aliphatic carbocycles. The van der Waals surface area contributed by atoms with Gasteiger partial charge in [0.2, 0.25) is 5.91 Å².